The second-order valence-electron chi connectivity index (χ2n) is 7.27. The van der Waals surface area contributed by atoms with E-state index in [9.17, 15) is 4.79 Å². The van der Waals surface area contributed by atoms with Gasteiger partial charge in [-0.1, -0.05) is 24.3 Å². The number of rotatable bonds is 6. The summed E-state index contributed by atoms with van der Waals surface area (Å²) >= 11 is 0. The summed E-state index contributed by atoms with van der Waals surface area (Å²) in [6.45, 7) is 3.46. The molecule has 1 aliphatic rings. The summed E-state index contributed by atoms with van der Waals surface area (Å²) in [5.41, 5.74) is 2.58. The average Bonchev–Trinajstić information content (AvgIpc) is 3.35. The van der Waals surface area contributed by atoms with E-state index in [1.807, 2.05) is 34.8 Å². The molecule has 3 heterocycles. The van der Waals surface area contributed by atoms with Crippen LogP contribution in [0.15, 0.2) is 55.1 Å². The van der Waals surface area contributed by atoms with Crippen LogP contribution < -0.4 is 0 Å². The van der Waals surface area contributed by atoms with Gasteiger partial charge in [-0.15, -0.1) is 0 Å². The third kappa shape index (κ3) is 4.01. The summed E-state index contributed by atoms with van der Waals surface area (Å²) in [6, 6.07) is 10.5. The first kappa shape index (κ1) is 17.7. The normalized spacial score (nSPS) is 17.9. The molecule has 1 fully saturated rings. The van der Waals surface area contributed by atoms with Gasteiger partial charge in [0, 0.05) is 50.8 Å². The molecule has 140 valence electrons. The van der Waals surface area contributed by atoms with E-state index in [0.717, 1.165) is 39.0 Å². The second kappa shape index (κ2) is 7.88. The number of aryl methyl sites for hydroxylation is 1. The Morgan fingerprint density at radius 3 is 2.63 bits per heavy atom. The predicted molar refractivity (Wildman–Crippen MR) is 103 cm³/mol. The van der Waals surface area contributed by atoms with Crippen molar-refractivity contribution in [3.63, 3.8) is 0 Å². The average molecular weight is 363 g/mol. The topological polar surface area (TPSA) is 56.0 Å². The van der Waals surface area contributed by atoms with Gasteiger partial charge in [-0.3, -0.25) is 14.4 Å². The summed E-state index contributed by atoms with van der Waals surface area (Å²) in [4.78, 5) is 19.5. The molecule has 3 aromatic rings. The number of Topliss-reactive ketones (excluding diaryl/α,β-unsaturated/α-hetero) is 1. The molecule has 0 amide bonds. The summed E-state index contributed by atoms with van der Waals surface area (Å²) in [7, 11) is 1.88. The first-order chi connectivity index (χ1) is 13.2. The molecule has 4 rings (SSSR count). The lowest BCUT2D eigenvalue weighted by Crippen LogP contribution is -2.39. The van der Waals surface area contributed by atoms with E-state index in [4.69, 9.17) is 0 Å². The molecular formula is C21H25N5O. The monoisotopic (exact) mass is 363 g/mol. The van der Waals surface area contributed by atoms with Gasteiger partial charge in [0.05, 0.1) is 6.54 Å². The zero-order valence-corrected chi connectivity index (χ0v) is 15.7. The number of likely N-dealkylation sites (tertiary alicyclic amines) is 1. The molecule has 0 bridgehead atoms. The minimum Gasteiger partial charge on any atom is -0.332 e. The molecule has 27 heavy (non-hydrogen) atoms. The van der Waals surface area contributed by atoms with Crippen LogP contribution in [-0.2, 0) is 20.1 Å². The zero-order valence-electron chi connectivity index (χ0n) is 15.7. The molecule has 1 atom stereocenters. The highest BCUT2D eigenvalue weighted by atomic mass is 16.1. The highest BCUT2D eigenvalue weighted by molar-refractivity contribution is 5.94. The van der Waals surface area contributed by atoms with Crippen molar-refractivity contribution in [2.75, 3.05) is 13.1 Å². The zero-order chi connectivity index (χ0) is 18.6. The molecule has 6 nitrogen and oxygen atoms in total. The standard InChI is InChI=1S/C21H25N5O/c1-24-13-10-22-21(24)20(27)19-8-4-11-25(15-19)14-17-6-2-3-7-18(17)16-26-12-5-9-23-26/h2-3,5-7,9-10,12-13,19H,4,8,11,14-16H2,1H3. The lowest BCUT2D eigenvalue weighted by atomic mass is 9.92. The molecule has 0 spiro atoms. The van der Waals surface area contributed by atoms with Crippen LogP contribution in [0, 0.1) is 5.92 Å². The van der Waals surface area contributed by atoms with Gasteiger partial charge < -0.3 is 4.57 Å². The number of hydrogen-bond donors (Lipinski definition) is 0. The maximum Gasteiger partial charge on any atom is 0.202 e. The number of nitrogens with zero attached hydrogens (tertiary/aromatic N) is 5. The molecule has 1 aliphatic heterocycles. The number of carbonyl (C=O) groups is 1. The van der Waals surface area contributed by atoms with Gasteiger partial charge in [0.15, 0.2) is 5.82 Å². The van der Waals surface area contributed by atoms with Crippen molar-refractivity contribution in [3.05, 3.63) is 72.1 Å². The predicted octanol–water partition coefficient (Wildman–Crippen LogP) is 2.76. The van der Waals surface area contributed by atoms with Gasteiger partial charge in [-0.25, -0.2) is 4.98 Å². The van der Waals surface area contributed by atoms with Crippen LogP contribution in [0.5, 0.6) is 0 Å². The van der Waals surface area contributed by atoms with Crippen LogP contribution in [0.4, 0.5) is 0 Å². The van der Waals surface area contributed by atoms with Crippen molar-refractivity contribution in [2.45, 2.75) is 25.9 Å². The van der Waals surface area contributed by atoms with Crippen molar-refractivity contribution in [2.24, 2.45) is 13.0 Å². The van der Waals surface area contributed by atoms with Crippen molar-refractivity contribution in [1.29, 1.82) is 0 Å². The number of carbonyl (C=O) groups excluding carboxylic acids is 1. The molecule has 2 aromatic heterocycles. The Morgan fingerprint density at radius 2 is 1.93 bits per heavy atom. The molecule has 0 aliphatic carbocycles. The van der Waals surface area contributed by atoms with Gasteiger partial charge in [-0.05, 0) is 36.6 Å². The molecular weight excluding hydrogens is 338 g/mol. The van der Waals surface area contributed by atoms with E-state index < -0.39 is 0 Å². The number of aromatic nitrogens is 4. The maximum atomic E-state index is 12.8. The van der Waals surface area contributed by atoms with Crippen LogP contribution in [0.25, 0.3) is 0 Å². The summed E-state index contributed by atoms with van der Waals surface area (Å²) in [6.07, 6.45) is 9.30. The van der Waals surface area contributed by atoms with Crippen LogP contribution >= 0.6 is 0 Å². The molecule has 6 heteroatoms. The maximum absolute atomic E-state index is 12.8. The van der Waals surface area contributed by atoms with Crippen molar-refractivity contribution in [1.82, 2.24) is 24.2 Å². The van der Waals surface area contributed by atoms with Gasteiger partial charge in [0.1, 0.15) is 0 Å². The molecule has 1 unspecified atom stereocenters. The number of benzene rings is 1. The fourth-order valence-electron chi connectivity index (χ4n) is 3.87. The molecule has 0 saturated carbocycles. The third-order valence-electron chi connectivity index (χ3n) is 5.32. The SMILES string of the molecule is Cn1ccnc1C(=O)C1CCCN(Cc2ccccc2Cn2cccn2)C1. The van der Waals surface area contributed by atoms with Crippen LogP contribution in [0.3, 0.4) is 0 Å². The Hall–Kier alpha value is -2.73. The fourth-order valence-corrected chi connectivity index (χ4v) is 3.87. The fraction of sp³-hybridized carbons (Fsp3) is 0.381. The van der Waals surface area contributed by atoms with E-state index in [1.165, 1.54) is 11.1 Å². The first-order valence-corrected chi connectivity index (χ1v) is 9.49. The number of imidazole rings is 1. The number of hydrogen-bond acceptors (Lipinski definition) is 4. The van der Waals surface area contributed by atoms with Gasteiger partial charge >= 0.3 is 0 Å². The van der Waals surface area contributed by atoms with Crippen molar-refractivity contribution in [3.8, 4) is 0 Å². The van der Waals surface area contributed by atoms with Gasteiger partial charge in [0.2, 0.25) is 5.78 Å². The molecule has 1 aromatic carbocycles. The van der Waals surface area contributed by atoms with Crippen LogP contribution in [0.1, 0.15) is 34.6 Å². The summed E-state index contributed by atoms with van der Waals surface area (Å²) < 4.78 is 3.77. The van der Waals surface area contributed by atoms with E-state index in [1.54, 1.807) is 12.4 Å². The number of ketones is 1. The van der Waals surface area contributed by atoms with E-state index in [2.05, 4.69) is 39.2 Å². The largest absolute Gasteiger partial charge is 0.332 e. The Kier molecular flexibility index (Phi) is 5.16. The first-order valence-electron chi connectivity index (χ1n) is 9.49. The van der Waals surface area contributed by atoms with Gasteiger partial charge in [0.25, 0.3) is 0 Å². The van der Waals surface area contributed by atoms with Crippen LogP contribution in [0.2, 0.25) is 0 Å². The molecule has 0 N–H and O–H groups in total. The van der Waals surface area contributed by atoms with Crippen LogP contribution in [-0.4, -0.2) is 43.1 Å². The number of piperidine rings is 1. The highest BCUT2D eigenvalue weighted by Crippen LogP contribution is 2.23. The highest BCUT2D eigenvalue weighted by Gasteiger charge is 2.28. The van der Waals surface area contributed by atoms with E-state index >= 15 is 0 Å². The van der Waals surface area contributed by atoms with Crippen molar-refractivity contribution < 1.29 is 4.79 Å². The third-order valence-corrected chi connectivity index (χ3v) is 5.32. The molecule has 1 saturated heterocycles. The van der Waals surface area contributed by atoms with E-state index in [-0.39, 0.29) is 11.7 Å². The lowest BCUT2D eigenvalue weighted by molar-refractivity contribution is 0.0797. The lowest BCUT2D eigenvalue weighted by Gasteiger charge is -2.32. The summed E-state index contributed by atoms with van der Waals surface area (Å²) in [5.74, 6) is 0.760. The quantitative estimate of drug-likeness (QED) is 0.632. The Morgan fingerprint density at radius 1 is 1.11 bits per heavy atom. The van der Waals surface area contributed by atoms with Gasteiger partial charge in [-0.2, -0.15) is 5.10 Å². The Labute approximate surface area is 159 Å². The minimum atomic E-state index is 0.0260. The smallest absolute Gasteiger partial charge is 0.202 e. The Balaban J connectivity index is 1.45. The van der Waals surface area contributed by atoms with Crippen molar-refractivity contribution >= 4 is 5.78 Å². The minimum absolute atomic E-state index is 0.0260. The Bertz CT molecular complexity index is 899. The summed E-state index contributed by atoms with van der Waals surface area (Å²) in [5, 5.41) is 4.32. The molecule has 0 radical (unpaired) electrons. The van der Waals surface area contributed by atoms with E-state index in [0.29, 0.717) is 5.82 Å². The second-order valence-corrected chi connectivity index (χ2v) is 7.27.